The molecule has 0 aromatic heterocycles. The molecule has 13 heavy (non-hydrogen) atoms. The SMILES string of the molecule is Cc1cc(C=O)c(CCO)cc1C. The van der Waals surface area contributed by atoms with E-state index in [1.54, 1.807) is 0 Å². The Hall–Kier alpha value is -1.15. The maximum Gasteiger partial charge on any atom is 0.150 e. The smallest absolute Gasteiger partial charge is 0.150 e. The van der Waals surface area contributed by atoms with Crippen LogP contribution in [0.25, 0.3) is 0 Å². The summed E-state index contributed by atoms with van der Waals surface area (Å²) in [5.41, 5.74) is 3.90. The third kappa shape index (κ3) is 2.16. The summed E-state index contributed by atoms with van der Waals surface area (Å²) in [6.45, 7) is 4.07. The van der Waals surface area contributed by atoms with Crippen molar-refractivity contribution in [2.45, 2.75) is 20.3 Å². The highest BCUT2D eigenvalue weighted by Gasteiger charge is 2.03. The van der Waals surface area contributed by atoms with Gasteiger partial charge in [0.15, 0.2) is 0 Å². The molecule has 0 unspecified atom stereocenters. The molecular formula is C11H14O2. The van der Waals surface area contributed by atoms with Gasteiger partial charge < -0.3 is 5.11 Å². The van der Waals surface area contributed by atoms with Crippen LogP contribution < -0.4 is 0 Å². The number of aryl methyl sites for hydroxylation is 2. The summed E-state index contributed by atoms with van der Waals surface area (Å²) in [7, 11) is 0. The lowest BCUT2D eigenvalue weighted by atomic mass is 9.99. The van der Waals surface area contributed by atoms with Crippen molar-refractivity contribution in [3.63, 3.8) is 0 Å². The molecule has 0 radical (unpaired) electrons. The Bertz CT molecular complexity index is 316. The van der Waals surface area contributed by atoms with Crippen molar-refractivity contribution < 1.29 is 9.90 Å². The topological polar surface area (TPSA) is 37.3 Å². The maximum atomic E-state index is 10.7. The van der Waals surface area contributed by atoms with Gasteiger partial charge in [0.05, 0.1) is 0 Å². The van der Waals surface area contributed by atoms with E-state index in [1.165, 1.54) is 0 Å². The van der Waals surface area contributed by atoms with Crippen molar-refractivity contribution >= 4 is 6.29 Å². The van der Waals surface area contributed by atoms with E-state index in [0.29, 0.717) is 12.0 Å². The van der Waals surface area contributed by atoms with Crippen molar-refractivity contribution in [2.75, 3.05) is 6.61 Å². The van der Waals surface area contributed by atoms with E-state index >= 15 is 0 Å². The molecule has 0 aliphatic heterocycles. The number of aliphatic hydroxyl groups excluding tert-OH is 1. The van der Waals surface area contributed by atoms with E-state index in [9.17, 15) is 4.79 Å². The zero-order valence-electron chi connectivity index (χ0n) is 8.00. The van der Waals surface area contributed by atoms with E-state index in [4.69, 9.17) is 5.11 Å². The minimum absolute atomic E-state index is 0.0866. The van der Waals surface area contributed by atoms with Crippen molar-refractivity contribution in [3.05, 3.63) is 34.4 Å². The van der Waals surface area contributed by atoms with Crippen LogP contribution in [0.4, 0.5) is 0 Å². The maximum absolute atomic E-state index is 10.7. The van der Waals surface area contributed by atoms with Crippen LogP contribution >= 0.6 is 0 Å². The quantitative estimate of drug-likeness (QED) is 0.714. The Labute approximate surface area is 78.2 Å². The van der Waals surface area contributed by atoms with Crippen molar-refractivity contribution in [3.8, 4) is 0 Å². The summed E-state index contributed by atoms with van der Waals surface area (Å²) in [6.07, 6.45) is 1.40. The number of benzene rings is 1. The van der Waals surface area contributed by atoms with Gasteiger partial charge in [-0.2, -0.15) is 0 Å². The molecule has 1 rings (SSSR count). The minimum Gasteiger partial charge on any atom is -0.396 e. The Morgan fingerprint density at radius 2 is 1.92 bits per heavy atom. The summed E-state index contributed by atoms with van der Waals surface area (Å²) in [4.78, 5) is 10.7. The third-order valence-electron chi connectivity index (χ3n) is 2.26. The normalized spacial score (nSPS) is 10.1. The number of aldehydes is 1. The fourth-order valence-electron chi connectivity index (χ4n) is 1.34. The van der Waals surface area contributed by atoms with Gasteiger partial charge in [-0.15, -0.1) is 0 Å². The van der Waals surface area contributed by atoms with E-state index in [1.807, 2.05) is 26.0 Å². The van der Waals surface area contributed by atoms with Gasteiger partial charge >= 0.3 is 0 Å². The lowest BCUT2D eigenvalue weighted by Crippen LogP contribution is -1.98. The van der Waals surface area contributed by atoms with Gasteiger partial charge in [0.1, 0.15) is 6.29 Å². The van der Waals surface area contributed by atoms with Gasteiger partial charge in [-0.25, -0.2) is 0 Å². The van der Waals surface area contributed by atoms with E-state index in [-0.39, 0.29) is 6.61 Å². The summed E-state index contributed by atoms with van der Waals surface area (Å²) in [6, 6.07) is 3.84. The van der Waals surface area contributed by atoms with Gasteiger partial charge in [-0.3, -0.25) is 4.79 Å². The molecule has 0 amide bonds. The van der Waals surface area contributed by atoms with Crippen LogP contribution in [0.15, 0.2) is 12.1 Å². The first-order valence-corrected chi connectivity index (χ1v) is 4.35. The lowest BCUT2D eigenvalue weighted by Gasteiger charge is -2.07. The van der Waals surface area contributed by atoms with Crippen LogP contribution in [0.2, 0.25) is 0 Å². The fourth-order valence-corrected chi connectivity index (χ4v) is 1.34. The zero-order valence-corrected chi connectivity index (χ0v) is 8.00. The van der Waals surface area contributed by atoms with Gasteiger partial charge in [0.2, 0.25) is 0 Å². The first-order chi connectivity index (χ1) is 6.19. The van der Waals surface area contributed by atoms with E-state index < -0.39 is 0 Å². The van der Waals surface area contributed by atoms with Crippen molar-refractivity contribution in [1.29, 1.82) is 0 Å². The molecular weight excluding hydrogens is 164 g/mol. The Kier molecular flexibility index (Phi) is 3.20. The summed E-state index contributed by atoms with van der Waals surface area (Å²) >= 11 is 0. The Morgan fingerprint density at radius 3 is 2.46 bits per heavy atom. The largest absolute Gasteiger partial charge is 0.396 e. The van der Waals surface area contributed by atoms with E-state index in [0.717, 1.165) is 23.0 Å². The van der Waals surface area contributed by atoms with Gasteiger partial charge in [-0.1, -0.05) is 6.07 Å². The zero-order chi connectivity index (χ0) is 9.84. The van der Waals surface area contributed by atoms with Crippen LogP contribution in [0.5, 0.6) is 0 Å². The van der Waals surface area contributed by atoms with Crippen molar-refractivity contribution in [2.24, 2.45) is 0 Å². The van der Waals surface area contributed by atoms with Crippen LogP contribution in [0, 0.1) is 13.8 Å². The highest BCUT2D eigenvalue weighted by atomic mass is 16.2. The molecule has 70 valence electrons. The monoisotopic (exact) mass is 178 g/mol. The Balaban J connectivity index is 3.16. The molecule has 1 aromatic carbocycles. The highest BCUT2D eigenvalue weighted by Crippen LogP contribution is 2.14. The molecule has 0 heterocycles. The summed E-state index contributed by atoms with van der Waals surface area (Å²) < 4.78 is 0. The molecule has 0 saturated carbocycles. The number of carbonyl (C=O) groups excluding carboxylic acids is 1. The van der Waals surface area contributed by atoms with E-state index in [2.05, 4.69) is 0 Å². The molecule has 0 saturated heterocycles. The standard InChI is InChI=1S/C11H14O2/c1-8-5-10(3-4-12)11(7-13)6-9(8)2/h5-7,12H,3-4H2,1-2H3. The molecule has 1 N–H and O–H groups in total. The molecule has 0 spiro atoms. The molecule has 0 atom stereocenters. The first kappa shape index (κ1) is 9.93. The predicted molar refractivity (Wildman–Crippen MR) is 52.1 cm³/mol. The second-order valence-corrected chi connectivity index (χ2v) is 3.23. The summed E-state index contributed by atoms with van der Waals surface area (Å²) in [5, 5.41) is 8.78. The average Bonchev–Trinajstić information content (AvgIpc) is 2.11. The molecule has 0 fully saturated rings. The van der Waals surface area contributed by atoms with Crippen LogP contribution in [0.1, 0.15) is 27.0 Å². The van der Waals surface area contributed by atoms with Crippen LogP contribution in [-0.4, -0.2) is 18.0 Å². The molecule has 0 aliphatic rings. The van der Waals surface area contributed by atoms with Gasteiger partial charge in [-0.05, 0) is 43.0 Å². The number of hydrogen-bond donors (Lipinski definition) is 1. The van der Waals surface area contributed by atoms with Crippen LogP contribution in [-0.2, 0) is 6.42 Å². The molecule has 0 aliphatic carbocycles. The Morgan fingerprint density at radius 1 is 1.31 bits per heavy atom. The number of hydrogen-bond acceptors (Lipinski definition) is 2. The molecule has 2 heteroatoms. The number of carbonyl (C=O) groups is 1. The lowest BCUT2D eigenvalue weighted by molar-refractivity contribution is 0.112. The highest BCUT2D eigenvalue weighted by molar-refractivity contribution is 5.78. The number of rotatable bonds is 3. The van der Waals surface area contributed by atoms with Crippen molar-refractivity contribution in [1.82, 2.24) is 0 Å². The molecule has 1 aromatic rings. The predicted octanol–water partition coefficient (Wildman–Crippen LogP) is 1.65. The van der Waals surface area contributed by atoms with Gasteiger partial charge in [0, 0.05) is 12.2 Å². The minimum atomic E-state index is 0.0866. The first-order valence-electron chi connectivity index (χ1n) is 4.35. The molecule has 2 nitrogen and oxygen atoms in total. The second-order valence-electron chi connectivity index (χ2n) is 3.23. The van der Waals surface area contributed by atoms with Crippen LogP contribution in [0.3, 0.4) is 0 Å². The van der Waals surface area contributed by atoms with Gasteiger partial charge in [0.25, 0.3) is 0 Å². The second kappa shape index (κ2) is 4.19. The third-order valence-corrected chi connectivity index (χ3v) is 2.26. The average molecular weight is 178 g/mol. The fraction of sp³-hybridized carbons (Fsp3) is 0.364. The molecule has 0 bridgehead atoms. The summed E-state index contributed by atoms with van der Waals surface area (Å²) in [5.74, 6) is 0. The number of aliphatic hydroxyl groups is 1.